The lowest BCUT2D eigenvalue weighted by Gasteiger charge is -2.12. The fourth-order valence-electron chi connectivity index (χ4n) is 0.993. The van der Waals surface area contributed by atoms with Crippen molar-refractivity contribution in [2.75, 3.05) is 11.1 Å². The molecule has 0 fully saturated rings. The van der Waals surface area contributed by atoms with E-state index in [1.165, 1.54) is 6.07 Å². The van der Waals surface area contributed by atoms with Crippen molar-refractivity contribution in [3.05, 3.63) is 22.2 Å². The molecule has 1 rings (SSSR count). The summed E-state index contributed by atoms with van der Waals surface area (Å²) in [5.74, 6) is -0.262. The second kappa shape index (κ2) is 4.73. The number of amides is 1. The van der Waals surface area contributed by atoms with Gasteiger partial charge in [-0.2, -0.15) is 0 Å². The minimum absolute atomic E-state index is 0.129. The predicted molar refractivity (Wildman–Crippen MR) is 64.3 cm³/mol. The average molecular weight is 247 g/mol. The highest BCUT2D eigenvalue weighted by molar-refractivity contribution is 6.37. The van der Waals surface area contributed by atoms with Crippen LogP contribution in [0.15, 0.2) is 12.1 Å². The van der Waals surface area contributed by atoms with Crippen LogP contribution in [0.3, 0.4) is 0 Å². The van der Waals surface area contributed by atoms with E-state index in [0.717, 1.165) is 0 Å². The summed E-state index contributed by atoms with van der Waals surface area (Å²) in [6.45, 7) is 3.57. The van der Waals surface area contributed by atoms with Gasteiger partial charge in [0.2, 0.25) is 5.91 Å². The Balaban J connectivity index is 3.00. The van der Waals surface area contributed by atoms with Gasteiger partial charge in [-0.15, -0.1) is 0 Å². The molecular weight excluding hydrogens is 235 g/mol. The van der Waals surface area contributed by atoms with Crippen LogP contribution in [0.25, 0.3) is 0 Å². The average Bonchev–Trinajstić information content (AvgIpc) is 2.10. The third-order valence-corrected chi connectivity index (χ3v) is 2.37. The molecule has 1 aromatic rings. The molecule has 0 aliphatic heterocycles. The van der Waals surface area contributed by atoms with Crippen molar-refractivity contribution in [1.82, 2.24) is 0 Å². The molecule has 0 aliphatic rings. The molecule has 0 saturated heterocycles. The zero-order valence-electron chi connectivity index (χ0n) is 8.47. The molecule has 82 valence electrons. The van der Waals surface area contributed by atoms with Crippen molar-refractivity contribution < 1.29 is 4.79 Å². The summed E-state index contributed by atoms with van der Waals surface area (Å²) < 4.78 is 0. The first-order valence-electron chi connectivity index (χ1n) is 4.47. The Morgan fingerprint density at radius 3 is 2.47 bits per heavy atom. The maximum absolute atomic E-state index is 11.4. The van der Waals surface area contributed by atoms with Gasteiger partial charge in [0, 0.05) is 10.9 Å². The van der Waals surface area contributed by atoms with E-state index in [9.17, 15) is 4.79 Å². The first-order valence-corrected chi connectivity index (χ1v) is 5.22. The van der Waals surface area contributed by atoms with Crippen LogP contribution in [0, 0.1) is 5.92 Å². The van der Waals surface area contributed by atoms with Crippen LogP contribution in [0.2, 0.25) is 10.0 Å². The molecule has 3 N–H and O–H groups in total. The van der Waals surface area contributed by atoms with Crippen LogP contribution >= 0.6 is 23.2 Å². The van der Waals surface area contributed by atoms with Gasteiger partial charge in [-0.25, -0.2) is 0 Å². The minimum Gasteiger partial charge on any atom is -0.397 e. The number of carbonyl (C=O) groups excluding carboxylic acids is 1. The summed E-state index contributed by atoms with van der Waals surface area (Å²) in [7, 11) is 0. The molecule has 0 aliphatic carbocycles. The van der Waals surface area contributed by atoms with Crippen molar-refractivity contribution in [2.45, 2.75) is 13.8 Å². The fraction of sp³-hybridized carbons (Fsp3) is 0.300. The van der Waals surface area contributed by atoms with Gasteiger partial charge in [-0.3, -0.25) is 4.79 Å². The lowest BCUT2D eigenvalue weighted by Crippen LogP contribution is -2.18. The summed E-state index contributed by atoms with van der Waals surface area (Å²) >= 11 is 11.6. The van der Waals surface area contributed by atoms with Crippen LogP contribution in [0.4, 0.5) is 11.4 Å². The normalized spacial score (nSPS) is 10.5. The molecule has 0 heterocycles. The van der Waals surface area contributed by atoms with E-state index in [1.807, 2.05) is 0 Å². The van der Waals surface area contributed by atoms with Gasteiger partial charge in [0.25, 0.3) is 0 Å². The topological polar surface area (TPSA) is 55.1 Å². The lowest BCUT2D eigenvalue weighted by atomic mass is 10.2. The predicted octanol–water partition coefficient (Wildman–Crippen LogP) is 3.17. The zero-order valence-corrected chi connectivity index (χ0v) is 9.99. The van der Waals surface area contributed by atoms with Gasteiger partial charge in [-0.05, 0) is 12.1 Å². The van der Waals surface area contributed by atoms with E-state index in [2.05, 4.69) is 5.32 Å². The number of hydrogen-bond donors (Lipinski definition) is 2. The molecule has 1 aromatic carbocycles. The molecule has 0 unspecified atom stereocenters. The smallest absolute Gasteiger partial charge is 0.227 e. The number of halogens is 2. The van der Waals surface area contributed by atoms with Crippen molar-refractivity contribution in [2.24, 2.45) is 5.92 Å². The highest BCUT2D eigenvalue weighted by atomic mass is 35.5. The highest BCUT2D eigenvalue weighted by Crippen LogP contribution is 2.32. The Bertz CT molecular complexity index is 368. The molecule has 1 amide bonds. The Morgan fingerprint density at radius 2 is 2.00 bits per heavy atom. The van der Waals surface area contributed by atoms with Crippen LogP contribution in [0.5, 0.6) is 0 Å². The standard InChI is InChI=1S/C10H12Cl2N2O/c1-5(2)10(15)14-9-7(12)3-6(11)4-8(9)13/h3-5H,13H2,1-2H3,(H,14,15). The number of benzene rings is 1. The van der Waals surface area contributed by atoms with Crippen LogP contribution in [0.1, 0.15) is 13.8 Å². The van der Waals surface area contributed by atoms with Gasteiger partial charge < -0.3 is 11.1 Å². The second-order valence-electron chi connectivity index (χ2n) is 3.50. The fourth-order valence-corrected chi connectivity index (χ4v) is 1.55. The number of anilines is 2. The number of nitrogen functional groups attached to an aromatic ring is 1. The minimum atomic E-state index is -0.133. The maximum Gasteiger partial charge on any atom is 0.227 e. The van der Waals surface area contributed by atoms with E-state index in [-0.39, 0.29) is 11.8 Å². The molecule has 15 heavy (non-hydrogen) atoms. The van der Waals surface area contributed by atoms with Crippen LogP contribution in [-0.4, -0.2) is 5.91 Å². The Labute approximate surface area is 98.5 Å². The Hall–Kier alpha value is -0.930. The second-order valence-corrected chi connectivity index (χ2v) is 4.34. The number of nitrogens with one attached hydrogen (secondary N) is 1. The maximum atomic E-state index is 11.4. The monoisotopic (exact) mass is 246 g/mol. The molecule has 0 aromatic heterocycles. The van der Waals surface area contributed by atoms with E-state index >= 15 is 0 Å². The summed E-state index contributed by atoms with van der Waals surface area (Å²) in [6.07, 6.45) is 0. The van der Waals surface area contributed by atoms with Crippen LogP contribution in [-0.2, 0) is 4.79 Å². The van der Waals surface area contributed by atoms with Crippen molar-refractivity contribution >= 4 is 40.5 Å². The molecule has 0 radical (unpaired) electrons. The highest BCUT2D eigenvalue weighted by Gasteiger charge is 2.12. The van der Waals surface area contributed by atoms with Crippen molar-refractivity contribution in [3.8, 4) is 0 Å². The van der Waals surface area contributed by atoms with Gasteiger partial charge in [0.05, 0.1) is 16.4 Å². The van der Waals surface area contributed by atoms with E-state index in [0.29, 0.717) is 21.4 Å². The van der Waals surface area contributed by atoms with Gasteiger partial charge >= 0.3 is 0 Å². The van der Waals surface area contributed by atoms with Gasteiger partial charge in [0.15, 0.2) is 0 Å². The summed E-state index contributed by atoms with van der Waals surface area (Å²) in [4.78, 5) is 11.4. The first-order chi connectivity index (χ1) is 6.91. The number of nitrogens with two attached hydrogens (primary N) is 1. The van der Waals surface area contributed by atoms with Crippen molar-refractivity contribution in [3.63, 3.8) is 0 Å². The third-order valence-electron chi connectivity index (χ3n) is 1.86. The van der Waals surface area contributed by atoms with Crippen LogP contribution < -0.4 is 11.1 Å². The number of hydrogen-bond acceptors (Lipinski definition) is 2. The quantitative estimate of drug-likeness (QED) is 0.788. The third kappa shape index (κ3) is 3.01. The van der Waals surface area contributed by atoms with Gasteiger partial charge in [0.1, 0.15) is 0 Å². The summed E-state index contributed by atoms with van der Waals surface area (Å²) in [5.41, 5.74) is 6.47. The molecule has 0 atom stereocenters. The van der Waals surface area contributed by atoms with E-state index in [1.54, 1.807) is 19.9 Å². The Morgan fingerprint density at radius 1 is 1.40 bits per heavy atom. The molecule has 0 bridgehead atoms. The molecule has 3 nitrogen and oxygen atoms in total. The Kier molecular flexibility index (Phi) is 3.83. The molecule has 0 spiro atoms. The van der Waals surface area contributed by atoms with E-state index in [4.69, 9.17) is 28.9 Å². The van der Waals surface area contributed by atoms with Gasteiger partial charge in [-0.1, -0.05) is 37.0 Å². The summed E-state index contributed by atoms with van der Waals surface area (Å²) in [5, 5.41) is 3.44. The largest absolute Gasteiger partial charge is 0.397 e. The zero-order chi connectivity index (χ0) is 11.6. The van der Waals surface area contributed by atoms with Crippen molar-refractivity contribution in [1.29, 1.82) is 0 Å². The molecule has 0 saturated carbocycles. The summed E-state index contributed by atoms with van der Waals surface area (Å²) in [6, 6.07) is 3.08. The lowest BCUT2D eigenvalue weighted by molar-refractivity contribution is -0.118. The number of carbonyl (C=O) groups is 1. The molecule has 5 heteroatoms. The number of rotatable bonds is 2. The first kappa shape index (κ1) is 12.1. The SMILES string of the molecule is CC(C)C(=O)Nc1c(N)cc(Cl)cc1Cl. The molecular formula is C10H12Cl2N2O. The van der Waals surface area contributed by atoms with E-state index < -0.39 is 0 Å².